The number of nitrogens with zero attached hydrogens (tertiary/aromatic N) is 3. The predicted octanol–water partition coefficient (Wildman–Crippen LogP) is 5.17. The molecular weight excluding hydrogens is 424 g/mol. The summed E-state index contributed by atoms with van der Waals surface area (Å²) in [6.45, 7) is 4.14. The maximum atomic E-state index is 13.1. The number of fused-ring (bicyclic) bond motifs is 1. The largest absolute Gasteiger partial charge is 0.454 e. The highest BCUT2D eigenvalue weighted by atomic mass is 32.1. The minimum atomic E-state index is -0.236. The number of thiazole rings is 1. The van der Waals surface area contributed by atoms with Gasteiger partial charge in [0.1, 0.15) is 5.82 Å². The van der Waals surface area contributed by atoms with Crippen molar-refractivity contribution >= 4 is 23.1 Å². The molecule has 4 aromatic rings. The SMILES string of the molecule is CC[C@H](C(=O)Nc1cc(C)nn1-c1nc(-c2ccc3c(c2)OCO3)cs1)c1ccccc1. The van der Waals surface area contributed by atoms with E-state index in [9.17, 15) is 4.79 Å². The lowest BCUT2D eigenvalue weighted by molar-refractivity contribution is -0.117. The molecular formula is C24H22N4O3S. The van der Waals surface area contributed by atoms with Crippen molar-refractivity contribution in [2.75, 3.05) is 12.1 Å². The summed E-state index contributed by atoms with van der Waals surface area (Å²) in [5, 5.41) is 10.3. The van der Waals surface area contributed by atoms with Crippen molar-refractivity contribution < 1.29 is 14.3 Å². The van der Waals surface area contributed by atoms with Crippen molar-refractivity contribution in [1.29, 1.82) is 0 Å². The molecule has 1 atom stereocenters. The first-order valence-electron chi connectivity index (χ1n) is 10.4. The van der Waals surface area contributed by atoms with Gasteiger partial charge in [-0.25, -0.2) is 4.98 Å². The minimum Gasteiger partial charge on any atom is -0.454 e. The predicted molar refractivity (Wildman–Crippen MR) is 124 cm³/mol. The van der Waals surface area contributed by atoms with Crippen molar-refractivity contribution in [3.05, 3.63) is 71.2 Å². The van der Waals surface area contributed by atoms with Crippen LogP contribution in [0.25, 0.3) is 16.4 Å². The highest BCUT2D eigenvalue weighted by Gasteiger charge is 2.22. The highest BCUT2D eigenvalue weighted by Crippen LogP contribution is 2.36. The second-order valence-corrected chi connectivity index (χ2v) is 8.36. The Labute approximate surface area is 189 Å². The van der Waals surface area contributed by atoms with Crippen LogP contribution in [0.3, 0.4) is 0 Å². The first kappa shape index (κ1) is 20.3. The van der Waals surface area contributed by atoms with E-state index in [1.165, 1.54) is 11.3 Å². The molecule has 2 aromatic carbocycles. The molecule has 0 radical (unpaired) electrons. The lowest BCUT2D eigenvalue weighted by Gasteiger charge is -2.15. The van der Waals surface area contributed by atoms with Gasteiger partial charge < -0.3 is 14.8 Å². The zero-order valence-corrected chi connectivity index (χ0v) is 18.6. The molecule has 1 amide bonds. The van der Waals surface area contributed by atoms with Gasteiger partial charge in [0.15, 0.2) is 11.5 Å². The Kier molecular flexibility index (Phi) is 5.36. The zero-order valence-electron chi connectivity index (χ0n) is 17.7. The fourth-order valence-electron chi connectivity index (χ4n) is 3.76. The fraction of sp³-hybridized carbons (Fsp3) is 0.208. The molecule has 162 valence electrons. The van der Waals surface area contributed by atoms with E-state index < -0.39 is 0 Å². The van der Waals surface area contributed by atoms with Crippen LogP contribution in [-0.4, -0.2) is 27.5 Å². The summed E-state index contributed by atoms with van der Waals surface area (Å²) in [7, 11) is 0. The van der Waals surface area contributed by atoms with E-state index in [1.807, 2.05) is 73.8 Å². The number of benzene rings is 2. The quantitative estimate of drug-likeness (QED) is 0.442. The Balaban J connectivity index is 1.41. The summed E-state index contributed by atoms with van der Waals surface area (Å²) in [4.78, 5) is 17.8. The summed E-state index contributed by atoms with van der Waals surface area (Å²) >= 11 is 1.46. The van der Waals surface area contributed by atoms with Crippen LogP contribution in [-0.2, 0) is 4.79 Å². The number of hydrogen-bond acceptors (Lipinski definition) is 6. The Hall–Kier alpha value is -3.65. The molecule has 1 N–H and O–H groups in total. The van der Waals surface area contributed by atoms with Crippen LogP contribution in [0.1, 0.15) is 30.5 Å². The van der Waals surface area contributed by atoms with E-state index in [2.05, 4.69) is 10.4 Å². The third kappa shape index (κ3) is 3.85. The van der Waals surface area contributed by atoms with Crippen LogP contribution in [0.15, 0.2) is 60.0 Å². The Bertz CT molecular complexity index is 1270. The van der Waals surface area contributed by atoms with Crippen molar-refractivity contribution in [1.82, 2.24) is 14.8 Å². The maximum Gasteiger partial charge on any atom is 0.233 e. The molecule has 0 saturated carbocycles. The van der Waals surface area contributed by atoms with Gasteiger partial charge in [0.25, 0.3) is 0 Å². The van der Waals surface area contributed by atoms with E-state index >= 15 is 0 Å². The molecule has 3 heterocycles. The molecule has 0 saturated heterocycles. The molecule has 0 unspecified atom stereocenters. The van der Waals surface area contributed by atoms with Crippen molar-refractivity contribution in [2.24, 2.45) is 0 Å². The average molecular weight is 447 g/mol. The summed E-state index contributed by atoms with van der Waals surface area (Å²) in [5.74, 6) is 1.76. The van der Waals surface area contributed by atoms with Gasteiger partial charge in [-0.1, -0.05) is 37.3 Å². The van der Waals surface area contributed by atoms with E-state index in [1.54, 1.807) is 4.68 Å². The maximum absolute atomic E-state index is 13.1. The first-order valence-corrected chi connectivity index (χ1v) is 11.3. The minimum absolute atomic E-state index is 0.0626. The van der Waals surface area contributed by atoms with Crippen LogP contribution >= 0.6 is 11.3 Å². The van der Waals surface area contributed by atoms with Crippen LogP contribution in [0.2, 0.25) is 0 Å². The second-order valence-electron chi connectivity index (χ2n) is 7.53. The fourth-order valence-corrected chi connectivity index (χ4v) is 4.55. The number of anilines is 1. The van der Waals surface area contributed by atoms with Crippen molar-refractivity contribution in [3.8, 4) is 27.9 Å². The molecule has 32 heavy (non-hydrogen) atoms. The molecule has 0 spiro atoms. The van der Waals surface area contributed by atoms with Gasteiger partial charge in [-0.2, -0.15) is 9.78 Å². The summed E-state index contributed by atoms with van der Waals surface area (Å²) in [5.41, 5.74) is 3.54. The average Bonchev–Trinajstić information content (AvgIpc) is 3.54. The Morgan fingerprint density at radius 1 is 1.16 bits per heavy atom. The van der Waals surface area contributed by atoms with Crippen molar-refractivity contribution in [2.45, 2.75) is 26.2 Å². The normalized spacial score (nSPS) is 13.2. The smallest absolute Gasteiger partial charge is 0.233 e. The topological polar surface area (TPSA) is 78.3 Å². The molecule has 2 aromatic heterocycles. The van der Waals surface area contributed by atoms with Gasteiger partial charge in [0.2, 0.25) is 17.8 Å². The number of carbonyl (C=O) groups excluding carboxylic acids is 1. The van der Waals surface area contributed by atoms with Crippen molar-refractivity contribution in [3.63, 3.8) is 0 Å². The summed E-state index contributed by atoms with van der Waals surface area (Å²) in [6, 6.07) is 17.4. The molecule has 0 fully saturated rings. The molecule has 7 nitrogen and oxygen atoms in total. The number of amides is 1. The van der Waals surface area contributed by atoms with E-state index in [0.29, 0.717) is 23.1 Å². The lowest BCUT2D eigenvalue weighted by atomic mass is 9.96. The summed E-state index contributed by atoms with van der Waals surface area (Å²) in [6.07, 6.45) is 0.703. The zero-order chi connectivity index (χ0) is 22.1. The van der Waals surface area contributed by atoms with E-state index in [-0.39, 0.29) is 18.6 Å². The van der Waals surface area contributed by atoms with Crippen LogP contribution in [0.4, 0.5) is 5.82 Å². The van der Waals surface area contributed by atoms with Gasteiger partial charge >= 0.3 is 0 Å². The van der Waals surface area contributed by atoms with Gasteiger partial charge in [-0.3, -0.25) is 4.79 Å². The lowest BCUT2D eigenvalue weighted by Crippen LogP contribution is -2.22. The van der Waals surface area contributed by atoms with E-state index in [4.69, 9.17) is 14.5 Å². The van der Waals surface area contributed by atoms with Gasteiger partial charge in [-0.15, -0.1) is 11.3 Å². The Morgan fingerprint density at radius 3 is 2.78 bits per heavy atom. The van der Waals surface area contributed by atoms with Crippen LogP contribution in [0.5, 0.6) is 11.5 Å². The number of aromatic nitrogens is 3. The third-order valence-corrected chi connectivity index (χ3v) is 6.17. The standard InChI is InChI=1S/C24H22N4O3S/c1-3-18(16-7-5-4-6-8-16)23(29)26-22-11-15(2)27-28(22)24-25-19(13-32-24)17-9-10-20-21(12-17)31-14-30-20/h4-13,18H,3,14H2,1-2H3,(H,26,29)/t18-/m0/s1. The Morgan fingerprint density at radius 2 is 1.97 bits per heavy atom. The summed E-state index contributed by atoms with van der Waals surface area (Å²) < 4.78 is 12.5. The molecule has 1 aliphatic heterocycles. The molecule has 0 bridgehead atoms. The number of rotatable bonds is 6. The number of nitrogens with one attached hydrogen (secondary N) is 1. The number of aryl methyl sites for hydroxylation is 1. The molecule has 5 rings (SSSR count). The van der Waals surface area contributed by atoms with Crippen LogP contribution < -0.4 is 14.8 Å². The third-order valence-electron chi connectivity index (χ3n) is 5.35. The van der Waals surface area contributed by atoms with Gasteiger partial charge in [0, 0.05) is 17.0 Å². The first-order chi connectivity index (χ1) is 15.6. The van der Waals surface area contributed by atoms with Gasteiger partial charge in [-0.05, 0) is 37.1 Å². The number of ether oxygens (including phenoxy) is 2. The van der Waals surface area contributed by atoms with Crippen LogP contribution in [0, 0.1) is 6.92 Å². The molecule has 0 aliphatic carbocycles. The number of carbonyl (C=O) groups is 1. The van der Waals surface area contributed by atoms with E-state index in [0.717, 1.165) is 28.3 Å². The number of hydrogen-bond donors (Lipinski definition) is 1. The van der Waals surface area contributed by atoms with Gasteiger partial charge in [0.05, 0.1) is 17.3 Å². The monoisotopic (exact) mass is 446 g/mol. The highest BCUT2D eigenvalue weighted by molar-refractivity contribution is 7.12. The molecule has 1 aliphatic rings. The second kappa shape index (κ2) is 8.47. The molecule has 8 heteroatoms.